The zero-order valence-electron chi connectivity index (χ0n) is 16.9. The van der Waals surface area contributed by atoms with Gasteiger partial charge in [-0.2, -0.15) is 5.10 Å². The third-order valence-corrected chi connectivity index (χ3v) is 5.12. The second-order valence-electron chi connectivity index (χ2n) is 7.13. The van der Waals surface area contributed by atoms with E-state index in [0.29, 0.717) is 19.0 Å². The maximum atomic E-state index is 13.7. The van der Waals surface area contributed by atoms with Crippen LogP contribution in [0.1, 0.15) is 45.6 Å². The fourth-order valence-corrected chi connectivity index (χ4v) is 3.31. The Hall–Kier alpha value is -2.76. The maximum Gasteiger partial charge on any atom is 0.225 e. The molecule has 3 heterocycles. The Labute approximate surface area is 166 Å². The van der Waals surface area contributed by atoms with Crippen LogP contribution in [-0.4, -0.2) is 39.8 Å². The van der Waals surface area contributed by atoms with E-state index in [1.165, 1.54) is 12.8 Å². The third-order valence-electron chi connectivity index (χ3n) is 5.12. The van der Waals surface area contributed by atoms with Gasteiger partial charge in [-0.05, 0) is 56.9 Å². The summed E-state index contributed by atoms with van der Waals surface area (Å²) in [5.74, 6) is 0.627. The second kappa shape index (κ2) is 8.95. The Kier molecular flexibility index (Phi) is 6.39. The second-order valence-corrected chi connectivity index (χ2v) is 7.13. The number of anilines is 1. The number of halogens is 1. The summed E-state index contributed by atoms with van der Waals surface area (Å²) in [5, 5.41) is 6.45. The lowest BCUT2D eigenvalue weighted by molar-refractivity contribution is 0.409. The molecule has 1 aromatic heterocycles. The largest absolute Gasteiger partial charge is 0.338 e. The van der Waals surface area contributed by atoms with E-state index in [-0.39, 0.29) is 5.83 Å². The van der Waals surface area contributed by atoms with Gasteiger partial charge < -0.3 is 4.90 Å². The molecule has 3 rings (SSSR count). The lowest BCUT2D eigenvalue weighted by Crippen LogP contribution is -2.28. The quantitative estimate of drug-likeness (QED) is 0.666. The van der Waals surface area contributed by atoms with Gasteiger partial charge in [0.25, 0.3) is 0 Å². The molecule has 2 aliphatic rings. The van der Waals surface area contributed by atoms with E-state index in [4.69, 9.17) is 0 Å². The molecule has 0 spiro atoms. The molecule has 148 valence electrons. The lowest BCUT2D eigenvalue weighted by atomic mass is 10.1. The predicted octanol–water partition coefficient (Wildman–Crippen LogP) is 4.76. The minimum Gasteiger partial charge on any atom is -0.338 e. The molecule has 0 radical (unpaired) electrons. The van der Waals surface area contributed by atoms with Crippen molar-refractivity contribution in [2.75, 3.05) is 18.0 Å². The SMILES string of the molecule is C=C1C=CC(c2cnc(N3CCCC3C)nc2)=NN1CC(/C=C(/F)CC)=C/C. The van der Waals surface area contributed by atoms with Gasteiger partial charge >= 0.3 is 0 Å². The van der Waals surface area contributed by atoms with Crippen molar-refractivity contribution in [2.24, 2.45) is 5.10 Å². The number of hydrogen-bond donors (Lipinski definition) is 0. The zero-order chi connectivity index (χ0) is 20.1. The van der Waals surface area contributed by atoms with Crippen molar-refractivity contribution < 1.29 is 4.39 Å². The summed E-state index contributed by atoms with van der Waals surface area (Å²) in [5.41, 5.74) is 3.23. The van der Waals surface area contributed by atoms with Gasteiger partial charge in [0.15, 0.2) is 0 Å². The minimum atomic E-state index is -0.143. The van der Waals surface area contributed by atoms with E-state index >= 15 is 0 Å². The van der Waals surface area contributed by atoms with Crippen molar-refractivity contribution in [1.82, 2.24) is 15.0 Å². The fraction of sp³-hybridized carbons (Fsp3) is 0.409. The molecule has 28 heavy (non-hydrogen) atoms. The van der Waals surface area contributed by atoms with Crippen molar-refractivity contribution in [1.29, 1.82) is 0 Å². The van der Waals surface area contributed by atoms with Crippen LogP contribution in [-0.2, 0) is 0 Å². The van der Waals surface area contributed by atoms with E-state index in [1.54, 1.807) is 18.0 Å². The highest BCUT2D eigenvalue weighted by atomic mass is 19.1. The van der Waals surface area contributed by atoms with Gasteiger partial charge in [0, 0.05) is 30.5 Å². The molecule has 1 unspecified atom stereocenters. The maximum absolute atomic E-state index is 13.7. The number of rotatable bonds is 6. The topological polar surface area (TPSA) is 44.6 Å². The van der Waals surface area contributed by atoms with Crippen molar-refractivity contribution in [3.63, 3.8) is 0 Å². The number of hydrogen-bond acceptors (Lipinski definition) is 5. The van der Waals surface area contributed by atoms with Crippen molar-refractivity contribution in [2.45, 2.75) is 46.1 Å². The highest BCUT2D eigenvalue weighted by molar-refractivity contribution is 6.09. The van der Waals surface area contributed by atoms with Gasteiger partial charge in [-0.15, -0.1) is 0 Å². The first-order chi connectivity index (χ1) is 13.5. The van der Waals surface area contributed by atoms with Crippen molar-refractivity contribution in [3.05, 3.63) is 65.9 Å². The molecule has 0 bridgehead atoms. The van der Waals surface area contributed by atoms with Crippen molar-refractivity contribution in [3.8, 4) is 0 Å². The molecule has 1 aromatic rings. The van der Waals surface area contributed by atoms with E-state index in [0.717, 1.165) is 35.0 Å². The molecule has 6 heteroatoms. The average Bonchev–Trinajstić information content (AvgIpc) is 3.14. The number of hydrazone groups is 1. The molecule has 0 N–H and O–H groups in total. The van der Waals surface area contributed by atoms with E-state index in [9.17, 15) is 4.39 Å². The molecular weight excluding hydrogens is 353 g/mol. The highest BCUT2D eigenvalue weighted by Gasteiger charge is 2.22. The van der Waals surface area contributed by atoms with Gasteiger partial charge in [0.05, 0.1) is 23.8 Å². The molecule has 2 aliphatic heterocycles. The van der Waals surface area contributed by atoms with Gasteiger partial charge in [-0.3, -0.25) is 5.01 Å². The number of aromatic nitrogens is 2. The van der Waals surface area contributed by atoms with Gasteiger partial charge in [-0.25, -0.2) is 14.4 Å². The minimum absolute atomic E-state index is 0.143. The predicted molar refractivity (Wildman–Crippen MR) is 113 cm³/mol. The van der Waals surface area contributed by atoms with Crippen LogP contribution in [0.3, 0.4) is 0 Å². The van der Waals surface area contributed by atoms with E-state index in [1.807, 2.05) is 37.5 Å². The molecule has 1 fully saturated rings. The Morgan fingerprint density at radius 1 is 1.32 bits per heavy atom. The first-order valence-corrected chi connectivity index (χ1v) is 9.85. The highest BCUT2D eigenvalue weighted by Crippen LogP contribution is 2.22. The average molecular weight is 381 g/mol. The molecule has 1 saturated heterocycles. The lowest BCUT2D eigenvalue weighted by Gasteiger charge is -2.24. The molecule has 1 atom stereocenters. The summed E-state index contributed by atoms with van der Waals surface area (Å²) >= 11 is 0. The van der Waals surface area contributed by atoms with Crippen LogP contribution in [0.4, 0.5) is 10.3 Å². The molecule has 0 saturated carbocycles. The van der Waals surface area contributed by atoms with Crippen LogP contribution in [0.15, 0.2) is 65.5 Å². The molecule has 0 aromatic carbocycles. The molecule has 5 nitrogen and oxygen atoms in total. The van der Waals surface area contributed by atoms with E-state index < -0.39 is 0 Å². The normalized spacial score (nSPS) is 20.8. The van der Waals surface area contributed by atoms with E-state index in [2.05, 4.69) is 33.5 Å². The van der Waals surface area contributed by atoms with Crippen LogP contribution in [0.5, 0.6) is 0 Å². The first kappa shape index (κ1) is 20.0. The summed E-state index contributed by atoms with van der Waals surface area (Å²) in [6, 6.07) is 0.479. The summed E-state index contributed by atoms with van der Waals surface area (Å²) in [4.78, 5) is 11.3. The summed E-state index contributed by atoms with van der Waals surface area (Å²) in [6.07, 6.45) is 13.6. The zero-order valence-corrected chi connectivity index (χ0v) is 16.9. The number of nitrogens with zero attached hydrogens (tertiary/aromatic N) is 5. The molecular formula is C22H28FN5. The smallest absolute Gasteiger partial charge is 0.225 e. The number of allylic oxidation sites excluding steroid dienone is 4. The standard InChI is InChI=1S/C22H28FN5/c1-5-18(12-20(23)6-2)15-28-17(4)9-10-21(26-28)19-13-24-22(25-14-19)27-11-7-8-16(27)3/h5,9-10,12-14,16H,4,6-8,11,15H2,1-3H3/b18-5+,20-12+. The summed E-state index contributed by atoms with van der Waals surface area (Å²) in [6.45, 7) is 11.4. The van der Waals surface area contributed by atoms with Gasteiger partial charge in [0.2, 0.25) is 5.95 Å². The van der Waals surface area contributed by atoms with Crippen LogP contribution < -0.4 is 4.90 Å². The van der Waals surface area contributed by atoms with Gasteiger partial charge in [-0.1, -0.05) is 19.6 Å². The van der Waals surface area contributed by atoms with Crippen LogP contribution in [0, 0.1) is 0 Å². The van der Waals surface area contributed by atoms with Crippen molar-refractivity contribution >= 4 is 11.7 Å². The Bertz CT molecular complexity index is 835. The van der Waals surface area contributed by atoms with Crippen LogP contribution >= 0.6 is 0 Å². The summed E-state index contributed by atoms with van der Waals surface area (Å²) < 4.78 is 13.7. The molecule has 0 aliphatic carbocycles. The monoisotopic (exact) mass is 381 g/mol. The first-order valence-electron chi connectivity index (χ1n) is 9.85. The third kappa shape index (κ3) is 4.55. The Morgan fingerprint density at radius 3 is 2.68 bits per heavy atom. The Balaban J connectivity index is 1.77. The summed E-state index contributed by atoms with van der Waals surface area (Å²) in [7, 11) is 0. The van der Waals surface area contributed by atoms with Crippen LogP contribution in [0.25, 0.3) is 0 Å². The van der Waals surface area contributed by atoms with Gasteiger partial charge in [0.1, 0.15) is 0 Å². The van der Waals surface area contributed by atoms with Crippen LogP contribution in [0.2, 0.25) is 0 Å². The molecule has 0 amide bonds. The fourth-order valence-electron chi connectivity index (χ4n) is 3.31. The Morgan fingerprint density at radius 2 is 2.07 bits per heavy atom.